The summed E-state index contributed by atoms with van der Waals surface area (Å²) in [6, 6.07) is 10.9. The smallest absolute Gasteiger partial charge is 0.331 e. The predicted octanol–water partition coefficient (Wildman–Crippen LogP) is 3.62. The van der Waals surface area contributed by atoms with E-state index in [1.807, 2.05) is 0 Å². The van der Waals surface area contributed by atoms with Crippen LogP contribution in [0.2, 0.25) is 0 Å². The quantitative estimate of drug-likeness (QED) is 0.664. The van der Waals surface area contributed by atoms with E-state index < -0.39 is 17.9 Å². The zero-order valence-electron chi connectivity index (χ0n) is 12.6. The maximum atomic E-state index is 12.7. The Morgan fingerprint density at radius 2 is 2.00 bits per heavy atom. The Morgan fingerprint density at radius 3 is 2.58 bits per heavy atom. The summed E-state index contributed by atoms with van der Waals surface area (Å²) in [5, 5.41) is 9.60. The number of hydrogen-bond donors (Lipinski definition) is 1. The van der Waals surface area contributed by atoms with E-state index in [1.54, 1.807) is 55.5 Å². The number of amides is 1. The fraction of sp³-hybridized carbons (Fsp3) is 0.118. The van der Waals surface area contributed by atoms with Gasteiger partial charge in [0.1, 0.15) is 15.8 Å². The summed E-state index contributed by atoms with van der Waals surface area (Å²) in [5.41, 5.74) is 0.497. The number of furan rings is 1. The van der Waals surface area contributed by atoms with Gasteiger partial charge in [0, 0.05) is 6.08 Å². The van der Waals surface area contributed by atoms with Crippen LogP contribution in [0.3, 0.4) is 0 Å². The number of thioether (sulfide) groups is 1. The Balaban J connectivity index is 1.96. The molecule has 24 heavy (non-hydrogen) atoms. The number of carbonyl (C=O) groups excluding carboxylic acids is 1. The first-order chi connectivity index (χ1) is 11.5. The third-order valence-electron chi connectivity index (χ3n) is 3.47. The molecule has 1 aromatic heterocycles. The molecule has 2 aromatic rings. The van der Waals surface area contributed by atoms with E-state index in [9.17, 15) is 14.7 Å². The van der Waals surface area contributed by atoms with Crippen LogP contribution in [0.5, 0.6) is 0 Å². The number of aliphatic carboxylic acids is 1. The Hall–Kier alpha value is -2.38. The van der Waals surface area contributed by atoms with Crippen LogP contribution in [0.4, 0.5) is 0 Å². The Kier molecular flexibility index (Phi) is 4.55. The molecule has 1 aliphatic heterocycles. The Bertz CT molecular complexity index is 841. The van der Waals surface area contributed by atoms with Crippen LogP contribution in [0, 0.1) is 6.92 Å². The van der Waals surface area contributed by atoms with Gasteiger partial charge in [-0.2, -0.15) is 0 Å². The van der Waals surface area contributed by atoms with Crippen LogP contribution in [-0.4, -0.2) is 26.2 Å². The first-order valence-corrected chi connectivity index (χ1v) is 8.31. The maximum absolute atomic E-state index is 12.7. The summed E-state index contributed by atoms with van der Waals surface area (Å²) in [5.74, 6) is -0.313. The monoisotopic (exact) mass is 359 g/mol. The topological polar surface area (TPSA) is 70.8 Å². The van der Waals surface area contributed by atoms with Crippen molar-refractivity contribution in [3.8, 4) is 0 Å². The summed E-state index contributed by atoms with van der Waals surface area (Å²) >= 11 is 6.32. The summed E-state index contributed by atoms with van der Waals surface area (Å²) in [7, 11) is 0. The minimum Gasteiger partial charge on any atom is -0.479 e. The fourth-order valence-electron chi connectivity index (χ4n) is 2.40. The lowest BCUT2D eigenvalue weighted by Gasteiger charge is -2.23. The van der Waals surface area contributed by atoms with E-state index in [0.29, 0.717) is 16.2 Å². The van der Waals surface area contributed by atoms with Gasteiger partial charge in [0.2, 0.25) is 0 Å². The molecule has 3 rings (SSSR count). The van der Waals surface area contributed by atoms with Crippen molar-refractivity contribution < 1.29 is 19.1 Å². The minimum atomic E-state index is -1.15. The van der Waals surface area contributed by atoms with Crippen LogP contribution in [0.1, 0.15) is 23.1 Å². The van der Waals surface area contributed by atoms with Gasteiger partial charge in [-0.05, 0) is 24.6 Å². The lowest BCUT2D eigenvalue weighted by Crippen LogP contribution is -2.37. The Labute approximate surface area is 148 Å². The van der Waals surface area contributed by atoms with Gasteiger partial charge < -0.3 is 9.52 Å². The Morgan fingerprint density at radius 1 is 1.29 bits per heavy atom. The predicted molar refractivity (Wildman–Crippen MR) is 95.3 cm³/mol. The highest BCUT2D eigenvalue weighted by atomic mass is 32.2. The van der Waals surface area contributed by atoms with E-state index in [0.717, 1.165) is 22.4 Å². The fourth-order valence-corrected chi connectivity index (χ4v) is 3.69. The maximum Gasteiger partial charge on any atom is 0.331 e. The van der Waals surface area contributed by atoms with Gasteiger partial charge in [-0.15, -0.1) is 0 Å². The zero-order valence-corrected chi connectivity index (χ0v) is 14.3. The number of carbonyl (C=O) groups is 2. The second kappa shape index (κ2) is 6.62. The van der Waals surface area contributed by atoms with Crippen LogP contribution < -0.4 is 0 Å². The number of aryl methyl sites for hydroxylation is 1. The molecule has 1 aliphatic rings. The SMILES string of the molecule is Cc1ccc(/C=C2\SC(=S)N(C(C(=O)O)c3ccccc3)C2=O)o1. The lowest BCUT2D eigenvalue weighted by molar-refractivity contribution is -0.145. The normalized spacial score (nSPS) is 17.5. The number of hydrogen-bond acceptors (Lipinski definition) is 5. The van der Waals surface area contributed by atoms with Crippen LogP contribution >= 0.6 is 24.0 Å². The molecule has 0 radical (unpaired) electrons. The molecule has 1 atom stereocenters. The van der Waals surface area contributed by atoms with Crippen molar-refractivity contribution in [1.82, 2.24) is 4.90 Å². The summed E-state index contributed by atoms with van der Waals surface area (Å²) in [6.07, 6.45) is 1.58. The number of thiocarbonyl (C=S) groups is 1. The molecule has 1 saturated heterocycles. The van der Waals surface area contributed by atoms with Crippen molar-refractivity contribution in [2.45, 2.75) is 13.0 Å². The van der Waals surface area contributed by atoms with Gasteiger partial charge in [-0.1, -0.05) is 54.3 Å². The van der Waals surface area contributed by atoms with Crippen LogP contribution in [0.15, 0.2) is 51.8 Å². The van der Waals surface area contributed by atoms with Gasteiger partial charge in [-0.25, -0.2) is 4.79 Å². The molecule has 0 aliphatic carbocycles. The average molecular weight is 359 g/mol. The molecule has 1 unspecified atom stereocenters. The number of benzene rings is 1. The molecular weight excluding hydrogens is 346 g/mol. The van der Waals surface area contributed by atoms with E-state index in [4.69, 9.17) is 16.6 Å². The first-order valence-electron chi connectivity index (χ1n) is 7.08. The molecule has 5 nitrogen and oxygen atoms in total. The van der Waals surface area contributed by atoms with E-state index in [2.05, 4.69) is 0 Å². The molecule has 122 valence electrons. The average Bonchev–Trinajstić information content (AvgIpc) is 3.07. The minimum absolute atomic E-state index is 0.214. The lowest BCUT2D eigenvalue weighted by atomic mass is 10.1. The van der Waals surface area contributed by atoms with E-state index >= 15 is 0 Å². The van der Waals surface area contributed by atoms with Crippen molar-refractivity contribution in [1.29, 1.82) is 0 Å². The number of carboxylic acid groups (broad SMARTS) is 1. The van der Waals surface area contributed by atoms with Crippen molar-refractivity contribution in [2.75, 3.05) is 0 Å². The third-order valence-corrected chi connectivity index (χ3v) is 4.80. The second-order valence-corrected chi connectivity index (χ2v) is 6.83. The van der Waals surface area contributed by atoms with Crippen LogP contribution in [-0.2, 0) is 9.59 Å². The van der Waals surface area contributed by atoms with Gasteiger partial charge in [0.05, 0.1) is 4.91 Å². The van der Waals surface area contributed by atoms with E-state index in [1.165, 1.54) is 0 Å². The zero-order chi connectivity index (χ0) is 17.3. The van der Waals surface area contributed by atoms with Gasteiger partial charge in [0.25, 0.3) is 5.91 Å². The highest BCUT2D eigenvalue weighted by Crippen LogP contribution is 2.38. The van der Waals surface area contributed by atoms with E-state index in [-0.39, 0.29) is 4.32 Å². The first kappa shape index (κ1) is 16.5. The van der Waals surface area contributed by atoms with Gasteiger partial charge in [0.15, 0.2) is 6.04 Å². The molecule has 1 aromatic carbocycles. The number of rotatable bonds is 4. The molecule has 0 spiro atoms. The van der Waals surface area contributed by atoms with Crippen molar-refractivity contribution in [2.24, 2.45) is 0 Å². The van der Waals surface area contributed by atoms with Gasteiger partial charge >= 0.3 is 5.97 Å². The summed E-state index contributed by atoms with van der Waals surface area (Å²) in [4.78, 5) is 25.9. The summed E-state index contributed by atoms with van der Waals surface area (Å²) < 4.78 is 5.65. The molecule has 2 heterocycles. The third kappa shape index (κ3) is 3.13. The molecule has 7 heteroatoms. The number of carboxylic acids is 1. The molecule has 0 saturated carbocycles. The van der Waals surface area contributed by atoms with Crippen molar-refractivity contribution in [3.05, 3.63) is 64.5 Å². The van der Waals surface area contributed by atoms with Gasteiger partial charge in [-0.3, -0.25) is 9.69 Å². The number of nitrogens with zero attached hydrogens (tertiary/aromatic N) is 1. The molecule has 1 fully saturated rings. The van der Waals surface area contributed by atoms with Crippen molar-refractivity contribution >= 4 is 46.3 Å². The van der Waals surface area contributed by atoms with Crippen LogP contribution in [0.25, 0.3) is 6.08 Å². The highest BCUT2D eigenvalue weighted by Gasteiger charge is 2.41. The molecular formula is C17H13NO4S2. The summed E-state index contributed by atoms with van der Waals surface area (Å²) in [6.45, 7) is 1.80. The second-order valence-electron chi connectivity index (χ2n) is 5.15. The largest absolute Gasteiger partial charge is 0.479 e. The molecule has 1 N–H and O–H groups in total. The highest BCUT2D eigenvalue weighted by molar-refractivity contribution is 8.26. The van der Waals surface area contributed by atoms with Crippen molar-refractivity contribution in [3.63, 3.8) is 0 Å². The molecule has 1 amide bonds. The standard InChI is InChI=1S/C17H13NO4S2/c1-10-7-8-12(22-10)9-13-15(19)18(17(23)24-13)14(16(20)21)11-5-3-2-4-6-11/h2-9,14H,1H3,(H,20,21)/b13-9-. The molecule has 0 bridgehead atoms.